The average molecular weight is 258 g/mol. The molecule has 0 fully saturated rings. The van der Waals surface area contributed by atoms with Crippen LogP contribution in [-0.4, -0.2) is 28.9 Å². The zero-order valence-corrected chi connectivity index (χ0v) is 11.1. The van der Waals surface area contributed by atoms with Gasteiger partial charge in [0.05, 0.1) is 12.5 Å². The SMILES string of the molecule is COc1cc(C)nc(NC(=O)C(C)(C)CCl)n1. The van der Waals surface area contributed by atoms with Crippen molar-refractivity contribution in [2.45, 2.75) is 20.8 Å². The van der Waals surface area contributed by atoms with Gasteiger partial charge in [-0.05, 0) is 20.8 Å². The highest BCUT2D eigenvalue weighted by molar-refractivity contribution is 6.20. The molecule has 0 unspecified atom stereocenters. The van der Waals surface area contributed by atoms with E-state index in [9.17, 15) is 4.79 Å². The molecule has 0 bridgehead atoms. The summed E-state index contributed by atoms with van der Waals surface area (Å²) in [4.78, 5) is 20.0. The minimum atomic E-state index is -0.665. The van der Waals surface area contributed by atoms with Crippen molar-refractivity contribution < 1.29 is 9.53 Å². The Kier molecular flexibility index (Phi) is 4.28. The molecule has 0 atom stereocenters. The van der Waals surface area contributed by atoms with Crippen LogP contribution in [-0.2, 0) is 4.79 Å². The Morgan fingerprint density at radius 1 is 1.53 bits per heavy atom. The summed E-state index contributed by atoms with van der Waals surface area (Å²) >= 11 is 5.72. The Hall–Kier alpha value is -1.36. The molecule has 94 valence electrons. The summed E-state index contributed by atoms with van der Waals surface area (Å²) in [6.07, 6.45) is 0. The first-order valence-corrected chi connectivity index (χ1v) is 5.69. The number of nitrogens with one attached hydrogen (secondary N) is 1. The van der Waals surface area contributed by atoms with Crippen LogP contribution < -0.4 is 10.1 Å². The number of ether oxygens (including phenoxy) is 1. The third kappa shape index (κ3) is 3.56. The van der Waals surface area contributed by atoms with Gasteiger partial charge in [0.25, 0.3) is 0 Å². The lowest BCUT2D eigenvalue weighted by molar-refractivity contribution is -0.123. The van der Waals surface area contributed by atoms with Gasteiger partial charge in [-0.3, -0.25) is 10.1 Å². The highest BCUT2D eigenvalue weighted by atomic mass is 35.5. The second kappa shape index (κ2) is 5.31. The van der Waals surface area contributed by atoms with Gasteiger partial charge < -0.3 is 4.74 Å². The summed E-state index contributed by atoms with van der Waals surface area (Å²) in [5.74, 6) is 0.642. The first-order valence-electron chi connectivity index (χ1n) is 5.16. The number of amides is 1. The van der Waals surface area contributed by atoms with E-state index in [0.717, 1.165) is 5.69 Å². The highest BCUT2D eigenvalue weighted by Crippen LogP contribution is 2.20. The number of aromatic nitrogens is 2. The molecule has 0 saturated heterocycles. The van der Waals surface area contributed by atoms with Gasteiger partial charge >= 0.3 is 0 Å². The van der Waals surface area contributed by atoms with Gasteiger partial charge in [0.1, 0.15) is 0 Å². The Morgan fingerprint density at radius 2 is 2.18 bits per heavy atom. The van der Waals surface area contributed by atoms with Crippen molar-refractivity contribution in [2.75, 3.05) is 18.3 Å². The molecule has 0 aliphatic carbocycles. The number of halogens is 1. The van der Waals surface area contributed by atoms with Crippen molar-refractivity contribution in [3.63, 3.8) is 0 Å². The molecule has 0 aromatic carbocycles. The lowest BCUT2D eigenvalue weighted by atomic mass is 9.95. The van der Waals surface area contributed by atoms with Gasteiger partial charge in [0.15, 0.2) is 0 Å². The van der Waals surface area contributed by atoms with Gasteiger partial charge in [-0.15, -0.1) is 11.6 Å². The Balaban J connectivity index is 2.88. The van der Waals surface area contributed by atoms with Crippen molar-refractivity contribution in [2.24, 2.45) is 5.41 Å². The van der Waals surface area contributed by atoms with E-state index < -0.39 is 5.41 Å². The molecule has 1 aromatic heterocycles. The number of methoxy groups -OCH3 is 1. The smallest absolute Gasteiger partial charge is 0.233 e. The summed E-state index contributed by atoms with van der Waals surface area (Å²) in [6.45, 7) is 5.30. The minimum Gasteiger partial charge on any atom is -0.481 e. The van der Waals surface area contributed by atoms with E-state index in [4.69, 9.17) is 16.3 Å². The quantitative estimate of drug-likeness (QED) is 0.838. The molecule has 17 heavy (non-hydrogen) atoms. The van der Waals surface area contributed by atoms with Gasteiger partial charge in [0, 0.05) is 17.6 Å². The molecule has 0 saturated carbocycles. The number of nitrogens with zero attached hydrogens (tertiary/aromatic N) is 2. The Bertz CT molecular complexity index is 421. The van der Waals surface area contributed by atoms with E-state index in [2.05, 4.69) is 15.3 Å². The van der Waals surface area contributed by atoms with Crippen molar-refractivity contribution in [1.82, 2.24) is 9.97 Å². The van der Waals surface area contributed by atoms with Gasteiger partial charge in [-0.1, -0.05) is 0 Å². The lowest BCUT2D eigenvalue weighted by Crippen LogP contribution is -2.32. The summed E-state index contributed by atoms with van der Waals surface area (Å²) < 4.78 is 5.00. The van der Waals surface area contributed by atoms with E-state index in [1.807, 2.05) is 0 Å². The number of carbonyl (C=O) groups is 1. The van der Waals surface area contributed by atoms with Crippen LogP contribution in [0.1, 0.15) is 19.5 Å². The van der Waals surface area contributed by atoms with E-state index in [1.54, 1.807) is 26.8 Å². The third-order valence-electron chi connectivity index (χ3n) is 2.21. The maximum Gasteiger partial charge on any atom is 0.233 e. The van der Waals surface area contributed by atoms with Crippen LogP contribution in [0.4, 0.5) is 5.95 Å². The zero-order chi connectivity index (χ0) is 13.1. The van der Waals surface area contributed by atoms with Crippen molar-refractivity contribution >= 4 is 23.5 Å². The first kappa shape index (κ1) is 13.7. The van der Waals surface area contributed by atoms with Crippen LogP contribution in [0.25, 0.3) is 0 Å². The minimum absolute atomic E-state index is 0.222. The highest BCUT2D eigenvalue weighted by Gasteiger charge is 2.27. The summed E-state index contributed by atoms with van der Waals surface area (Å²) in [5.41, 5.74) is 0.0536. The number of rotatable bonds is 4. The fraction of sp³-hybridized carbons (Fsp3) is 0.545. The fourth-order valence-electron chi connectivity index (χ4n) is 1.03. The maximum absolute atomic E-state index is 11.9. The number of anilines is 1. The number of carbonyl (C=O) groups excluding carboxylic acids is 1. The first-order chi connectivity index (χ1) is 7.89. The molecule has 1 amide bonds. The molecular formula is C11H16ClN3O2. The van der Waals surface area contributed by atoms with Crippen LogP contribution >= 0.6 is 11.6 Å². The maximum atomic E-state index is 11.9. The normalized spacial score (nSPS) is 11.1. The largest absolute Gasteiger partial charge is 0.481 e. The fourth-order valence-corrected chi connectivity index (χ4v) is 1.15. The van der Waals surface area contributed by atoms with Crippen LogP contribution in [0.15, 0.2) is 6.07 Å². The van der Waals surface area contributed by atoms with Crippen molar-refractivity contribution in [3.05, 3.63) is 11.8 Å². The van der Waals surface area contributed by atoms with E-state index >= 15 is 0 Å². The molecule has 0 radical (unpaired) electrons. The second-order valence-electron chi connectivity index (χ2n) is 4.35. The number of alkyl halides is 1. The molecule has 0 aliphatic rings. The second-order valence-corrected chi connectivity index (χ2v) is 4.61. The number of aryl methyl sites for hydroxylation is 1. The zero-order valence-electron chi connectivity index (χ0n) is 10.4. The molecule has 1 heterocycles. The van der Waals surface area contributed by atoms with E-state index in [-0.39, 0.29) is 17.7 Å². The van der Waals surface area contributed by atoms with Gasteiger partial charge in [-0.2, -0.15) is 4.98 Å². The Labute approximate surface area is 106 Å². The van der Waals surface area contributed by atoms with E-state index in [0.29, 0.717) is 5.88 Å². The van der Waals surface area contributed by atoms with Crippen LogP contribution in [0.5, 0.6) is 5.88 Å². The molecule has 1 aromatic rings. The molecule has 0 aliphatic heterocycles. The topological polar surface area (TPSA) is 64.1 Å². The lowest BCUT2D eigenvalue weighted by Gasteiger charge is -2.19. The molecule has 5 nitrogen and oxygen atoms in total. The van der Waals surface area contributed by atoms with Crippen molar-refractivity contribution in [1.29, 1.82) is 0 Å². The summed E-state index contributed by atoms with van der Waals surface area (Å²) in [5, 5.41) is 2.62. The van der Waals surface area contributed by atoms with Gasteiger partial charge in [0.2, 0.25) is 17.7 Å². The molecule has 0 spiro atoms. The average Bonchev–Trinajstić information content (AvgIpc) is 2.28. The third-order valence-corrected chi connectivity index (χ3v) is 2.88. The predicted octanol–water partition coefficient (Wildman–Crippen LogP) is 2.00. The number of hydrogen-bond acceptors (Lipinski definition) is 4. The predicted molar refractivity (Wildman–Crippen MR) is 66.5 cm³/mol. The number of hydrogen-bond donors (Lipinski definition) is 1. The monoisotopic (exact) mass is 257 g/mol. The molecule has 1 rings (SSSR count). The Morgan fingerprint density at radius 3 is 2.71 bits per heavy atom. The summed E-state index contributed by atoms with van der Waals surface area (Å²) in [7, 11) is 1.51. The van der Waals surface area contributed by atoms with Crippen molar-refractivity contribution in [3.8, 4) is 5.88 Å². The molecule has 6 heteroatoms. The van der Waals surface area contributed by atoms with Gasteiger partial charge in [-0.25, -0.2) is 4.98 Å². The molecular weight excluding hydrogens is 242 g/mol. The molecule has 1 N–H and O–H groups in total. The standard InChI is InChI=1S/C11H16ClN3O2/c1-7-5-8(17-4)14-10(13-7)15-9(16)11(2,3)6-12/h5H,6H2,1-4H3,(H,13,14,15,16). The summed E-state index contributed by atoms with van der Waals surface area (Å²) in [6, 6.07) is 1.68. The van der Waals surface area contributed by atoms with Crippen LogP contribution in [0.3, 0.4) is 0 Å². The van der Waals surface area contributed by atoms with Crippen LogP contribution in [0.2, 0.25) is 0 Å². The van der Waals surface area contributed by atoms with Crippen LogP contribution in [0, 0.1) is 12.3 Å². The van der Waals surface area contributed by atoms with E-state index in [1.165, 1.54) is 7.11 Å².